The Labute approximate surface area is 181 Å². The Morgan fingerprint density at radius 1 is 1.31 bits per heavy atom. The Morgan fingerprint density at radius 3 is 2.72 bits per heavy atom. The predicted molar refractivity (Wildman–Crippen MR) is 115 cm³/mol. The van der Waals surface area contributed by atoms with Gasteiger partial charge in [-0.25, -0.2) is 4.79 Å². The fraction of sp³-hybridized carbons (Fsp3) is 0.429. The Bertz CT molecular complexity index is 1030. The number of hydrogen-bond donors (Lipinski definition) is 1. The molecule has 1 N–H and O–H groups in total. The monoisotopic (exact) mass is 479 g/mol. The highest BCUT2D eigenvalue weighted by molar-refractivity contribution is 9.10. The minimum atomic E-state index is -1.17. The first-order valence-electron chi connectivity index (χ1n) is 9.57. The molecule has 6 nitrogen and oxygen atoms in total. The number of ether oxygens (including phenoxy) is 2. The minimum Gasteiger partial charge on any atom is -0.492 e. The molecule has 8 heteroatoms. The van der Waals surface area contributed by atoms with Crippen LogP contribution in [0.5, 0.6) is 5.75 Å². The van der Waals surface area contributed by atoms with Crippen molar-refractivity contribution in [3.63, 3.8) is 0 Å². The summed E-state index contributed by atoms with van der Waals surface area (Å²) in [5.74, 6) is -0.415. The number of nitrogens with zero attached hydrogens (tertiary/aromatic N) is 1. The lowest BCUT2D eigenvalue weighted by atomic mass is 9.99. The van der Waals surface area contributed by atoms with Crippen LogP contribution in [0.25, 0.3) is 11.3 Å². The van der Waals surface area contributed by atoms with Gasteiger partial charge in [-0.1, -0.05) is 0 Å². The molecule has 4 rings (SSSR count). The molecule has 1 fully saturated rings. The maximum Gasteiger partial charge on any atom is 0.341 e. The van der Waals surface area contributed by atoms with Crippen LogP contribution < -0.4 is 10.3 Å². The highest BCUT2D eigenvalue weighted by Gasteiger charge is 2.35. The molecule has 1 saturated carbocycles. The van der Waals surface area contributed by atoms with E-state index in [-0.39, 0.29) is 16.9 Å². The fourth-order valence-electron chi connectivity index (χ4n) is 3.65. The van der Waals surface area contributed by atoms with E-state index in [4.69, 9.17) is 9.47 Å². The maximum atomic E-state index is 13.0. The molecule has 1 aliphatic heterocycles. The molecule has 0 amide bonds. The van der Waals surface area contributed by atoms with Crippen molar-refractivity contribution in [2.75, 3.05) is 20.3 Å². The largest absolute Gasteiger partial charge is 0.492 e. The van der Waals surface area contributed by atoms with Crippen molar-refractivity contribution in [1.29, 1.82) is 0 Å². The maximum absolute atomic E-state index is 13.0. The number of thioether (sulfide) groups is 1. The number of rotatable bonds is 7. The lowest BCUT2D eigenvalue weighted by Gasteiger charge is -2.29. The average Bonchev–Trinajstić information content (AvgIpc) is 3.50. The first-order chi connectivity index (χ1) is 13.9. The van der Waals surface area contributed by atoms with Gasteiger partial charge in [0.15, 0.2) is 0 Å². The quantitative estimate of drug-likeness (QED) is 0.569. The van der Waals surface area contributed by atoms with Crippen molar-refractivity contribution in [3.05, 3.63) is 44.2 Å². The van der Waals surface area contributed by atoms with Gasteiger partial charge >= 0.3 is 5.97 Å². The van der Waals surface area contributed by atoms with Crippen LogP contribution in [-0.2, 0) is 4.74 Å². The van der Waals surface area contributed by atoms with E-state index in [1.54, 1.807) is 29.5 Å². The molecule has 2 aliphatic rings. The zero-order valence-corrected chi connectivity index (χ0v) is 18.6. The summed E-state index contributed by atoms with van der Waals surface area (Å²) in [6.45, 7) is 3.24. The van der Waals surface area contributed by atoms with Gasteiger partial charge in [0.2, 0.25) is 0 Å². The van der Waals surface area contributed by atoms with Gasteiger partial charge in [0.1, 0.15) is 11.3 Å². The molecule has 0 bridgehead atoms. The number of aromatic nitrogens is 1. The number of fused-ring (bicyclic) bond motifs is 3. The highest BCUT2D eigenvalue weighted by Crippen LogP contribution is 2.52. The molecule has 0 saturated heterocycles. The van der Waals surface area contributed by atoms with Crippen molar-refractivity contribution in [1.82, 2.24) is 4.57 Å². The smallest absolute Gasteiger partial charge is 0.341 e. The molecule has 1 atom stereocenters. The van der Waals surface area contributed by atoms with Crippen LogP contribution >= 0.6 is 27.7 Å². The van der Waals surface area contributed by atoms with Gasteiger partial charge < -0.3 is 19.1 Å². The average molecular weight is 480 g/mol. The lowest BCUT2D eigenvalue weighted by molar-refractivity contribution is 0.0694. The molecule has 1 aromatic heterocycles. The van der Waals surface area contributed by atoms with E-state index in [0.29, 0.717) is 13.2 Å². The van der Waals surface area contributed by atoms with Gasteiger partial charge in [0, 0.05) is 41.9 Å². The van der Waals surface area contributed by atoms with Crippen LogP contribution in [0, 0.1) is 0 Å². The topological polar surface area (TPSA) is 77.8 Å². The van der Waals surface area contributed by atoms with E-state index in [9.17, 15) is 14.7 Å². The second-order valence-corrected chi connectivity index (χ2v) is 9.54. The normalized spacial score (nSPS) is 17.6. The number of aromatic carboxylic acids is 1. The van der Waals surface area contributed by atoms with Crippen molar-refractivity contribution < 1.29 is 19.4 Å². The second kappa shape index (κ2) is 8.16. The first kappa shape index (κ1) is 20.5. The Kier molecular flexibility index (Phi) is 5.77. The molecular formula is C21H22BrNO5S. The summed E-state index contributed by atoms with van der Waals surface area (Å²) in [7, 11) is 1.67. The number of halogens is 1. The van der Waals surface area contributed by atoms with E-state index in [2.05, 4.69) is 15.9 Å². The Balaban J connectivity index is 1.83. The number of benzene rings is 1. The van der Waals surface area contributed by atoms with Crippen LogP contribution in [0.15, 0.2) is 32.4 Å². The first-order valence-corrected chi connectivity index (χ1v) is 11.2. The van der Waals surface area contributed by atoms with Crippen molar-refractivity contribution >= 4 is 33.7 Å². The summed E-state index contributed by atoms with van der Waals surface area (Å²) in [6, 6.07) is 5.62. The number of carboxylic acid groups (broad SMARTS) is 1. The van der Waals surface area contributed by atoms with E-state index >= 15 is 0 Å². The van der Waals surface area contributed by atoms with Crippen LogP contribution in [0.4, 0.5) is 0 Å². The Morgan fingerprint density at radius 2 is 2.07 bits per heavy atom. The minimum absolute atomic E-state index is 0.0312. The summed E-state index contributed by atoms with van der Waals surface area (Å²) in [6.07, 6.45) is 2.59. The van der Waals surface area contributed by atoms with E-state index in [1.165, 1.54) is 0 Å². The number of hydrogen-bond acceptors (Lipinski definition) is 5. The second-order valence-electron chi connectivity index (χ2n) is 7.31. The molecule has 1 unspecified atom stereocenters. The number of pyridine rings is 1. The number of carbonyl (C=O) groups is 1. The van der Waals surface area contributed by atoms with E-state index in [0.717, 1.165) is 51.2 Å². The molecule has 29 heavy (non-hydrogen) atoms. The van der Waals surface area contributed by atoms with Crippen LogP contribution in [0.2, 0.25) is 0 Å². The highest BCUT2D eigenvalue weighted by atomic mass is 79.9. The zero-order valence-electron chi connectivity index (χ0n) is 16.2. The predicted octanol–water partition coefficient (Wildman–Crippen LogP) is 4.89. The number of methoxy groups -OCH3 is 1. The van der Waals surface area contributed by atoms with E-state index in [1.807, 2.05) is 19.1 Å². The summed E-state index contributed by atoms with van der Waals surface area (Å²) >= 11 is 5.25. The third kappa shape index (κ3) is 3.85. The van der Waals surface area contributed by atoms with Crippen LogP contribution in [0.3, 0.4) is 0 Å². The molecule has 2 heterocycles. The van der Waals surface area contributed by atoms with Crippen LogP contribution in [0.1, 0.15) is 53.4 Å². The third-order valence-corrected chi connectivity index (χ3v) is 7.01. The molecule has 2 aromatic rings. The van der Waals surface area contributed by atoms with Crippen LogP contribution in [-0.4, -0.2) is 36.0 Å². The summed E-state index contributed by atoms with van der Waals surface area (Å²) in [5.41, 5.74) is 2.12. The van der Waals surface area contributed by atoms with Gasteiger partial charge in [-0.3, -0.25) is 4.79 Å². The molecule has 1 aromatic carbocycles. The summed E-state index contributed by atoms with van der Waals surface area (Å²) < 4.78 is 13.5. The summed E-state index contributed by atoms with van der Waals surface area (Å²) in [5, 5.41) is 9.55. The van der Waals surface area contributed by atoms with Crippen molar-refractivity contribution in [2.45, 2.75) is 42.4 Å². The molecule has 154 valence electrons. The zero-order chi connectivity index (χ0) is 20.7. The lowest BCUT2D eigenvalue weighted by Crippen LogP contribution is -2.29. The van der Waals surface area contributed by atoms with Gasteiger partial charge in [-0.2, -0.15) is 0 Å². The van der Waals surface area contributed by atoms with Gasteiger partial charge in [0.05, 0.1) is 16.8 Å². The van der Waals surface area contributed by atoms with Gasteiger partial charge in [-0.15, -0.1) is 11.8 Å². The number of carboxylic acids is 1. The third-order valence-electron chi connectivity index (χ3n) is 5.19. The molecule has 1 aliphatic carbocycles. The van der Waals surface area contributed by atoms with Crippen molar-refractivity contribution in [3.8, 4) is 17.0 Å². The SMILES string of the molecule is COCCCOc1cc2c(cc1Br)-c1c(cc(C(=O)O)c(=O)n1C1CC1)C(C)S2. The summed E-state index contributed by atoms with van der Waals surface area (Å²) in [4.78, 5) is 25.6. The van der Waals surface area contributed by atoms with Gasteiger partial charge in [0.25, 0.3) is 5.56 Å². The molecule has 0 radical (unpaired) electrons. The van der Waals surface area contributed by atoms with Crippen molar-refractivity contribution in [2.24, 2.45) is 0 Å². The molecule has 0 spiro atoms. The Hall–Kier alpha value is -1.77. The molecular weight excluding hydrogens is 458 g/mol. The standard InChI is InChI=1S/C21H22BrNO5S/c1-11-13-8-15(21(25)26)20(24)23(12-4-5-12)19(13)14-9-16(22)17(10-18(14)29-11)28-7-3-6-27-2/h8-12H,3-7H2,1-2H3,(H,25,26). The van der Waals surface area contributed by atoms with Gasteiger partial charge in [-0.05, 0) is 59.5 Å². The fourth-order valence-corrected chi connectivity index (χ4v) is 5.26. The van der Waals surface area contributed by atoms with E-state index < -0.39 is 11.5 Å².